The maximum absolute atomic E-state index is 12.9. The molecule has 1 saturated carbocycles. The highest BCUT2D eigenvalue weighted by atomic mass is 35.5. The molecule has 0 bridgehead atoms. The van der Waals surface area contributed by atoms with Crippen LogP contribution in [0, 0.1) is 0 Å². The molecule has 0 radical (unpaired) electrons. The minimum absolute atomic E-state index is 0.209. The van der Waals surface area contributed by atoms with E-state index in [0.29, 0.717) is 34.6 Å². The van der Waals surface area contributed by atoms with E-state index in [1.807, 2.05) is 0 Å². The predicted molar refractivity (Wildman–Crippen MR) is 84.4 cm³/mol. The van der Waals surface area contributed by atoms with Gasteiger partial charge in [-0.1, -0.05) is 17.7 Å². The third-order valence-electron chi connectivity index (χ3n) is 4.02. The number of hydrogen-bond acceptors (Lipinski definition) is 5. The van der Waals surface area contributed by atoms with E-state index < -0.39 is 18.3 Å². The smallest absolute Gasteiger partial charge is 0.405 e. The summed E-state index contributed by atoms with van der Waals surface area (Å²) in [5, 5.41) is 10.2. The molecule has 0 unspecified atom stereocenters. The van der Waals surface area contributed by atoms with Crippen LogP contribution in [0.3, 0.4) is 0 Å². The van der Waals surface area contributed by atoms with Crippen LogP contribution < -0.4 is 11.3 Å². The average Bonchev–Trinajstić information content (AvgIpc) is 2.43. The Morgan fingerprint density at radius 3 is 2.83 bits per heavy atom. The monoisotopic (exact) mass is 337 g/mol. The molecule has 3 N–H and O–H groups in total. The van der Waals surface area contributed by atoms with Crippen molar-refractivity contribution in [2.24, 2.45) is 5.73 Å². The Morgan fingerprint density at radius 2 is 2.22 bits per heavy atom. The third-order valence-corrected chi connectivity index (χ3v) is 4.33. The van der Waals surface area contributed by atoms with Gasteiger partial charge in [-0.25, -0.2) is 9.78 Å². The Kier molecular flexibility index (Phi) is 3.99. The van der Waals surface area contributed by atoms with Gasteiger partial charge in [0.1, 0.15) is 0 Å². The molecular weight excluding hydrogens is 322 g/mol. The number of carbonyl (C=O) groups excluding carboxylic acids is 1. The first-order chi connectivity index (χ1) is 10.9. The van der Waals surface area contributed by atoms with Gasteiger partial charge < -0.3 is 15.6 Å². The minimum Gasteiger partial charge on any atom is -0.439 e. The zero-order chi connectivity index (χ0) is 16.7. The summed E-state index contributed by atoms with van der Waals surface area (Å²) in [6, 6.07) is 4.77. The molecule has 0 saturated heterocycles. The van der Waals surface area contributed by atoms with Crippen molar-refractivity contribution in [3.05, 3.63) is 39.4 Å². The lowest BCUT2D eigenvalue weighted by Gasteiger charge is -2.35. The van der Waals surface area contributed by atoms with Crippen molar-refractivity contribution in [3.63, 3.8) is 0 Å². The van der Waals surface area contributed by atoms with Gasteiger partial charge in [-0.05, 0) is 31.9 Å². The van der Waals surface area contributed by atoms with Crippen LogP contribution in [0.1, 0.15) is 37.7 Å². The van der Waals surface area contributed by atoms with Crippen molar-refractivity contribution in [3.8, 4) is 0 Å². The first-order valence-corrected chi connectivity index (χ1v) is 7.61. The van der Waals surface area contributed by atoms with E-state index in [1.54, 1.807) is 25.1 Å². The Hall–Kier alpha value is -2.12. The van der Waals surface area contributed by atoms with Gasteiger partial charge in [0, 0.05) is 6.04 Å². The molecule has 0 aliphatic heterocycles. The van der Waals surface area contributed by atoms with Gasteiger partial charge >= 0.3 is 6.09 Å². The number of carbonyl (C=O) groups is 1. The Balaban J connectivity index is 2.22. The van der Waals surface area contributed by atoms with Crippen LogP contribution in [0.5, 0.6) is 0 Å². The quantitative estimate of drug-likeness (QED) is 0.889. The summed E-state index contributed by atoms with van der Waals surface area (Å²) in [4.78, 5) is 28.4. The lowest BCUT2D eigenvalue weighted by molar-refractivity contribution is 0.0399. The molecule has 1 aliphatic carbocycles. The standard InChI is InChI=1S/C15H16ClN3O4/c1-7(23-15(17)22)13-18-11-4-2-3-10(16)12(11)14(21)19(13)8-5-9(20)6-8/h2-4,7-9,20H,5-6H2,1H3,(H2,17,22)/t7-,8?,9?/m0/s1. The molecular formula is C15H16ClN3O4. The number of nitrogens with two attached hydrogens (primary N) is 1. The number of halogens is 1. The molecule has 1 atom stereocenters. The predicted octanol–water partition coefficient (Wildman–Crippen LogP) is 1.90. The number of fused-ring (bicyclic) bond motifs is 1. The van der Waals surface area contributed by atoms with Crippen molar-refractivity contribution in [2.75, 3.05) is 0 Å². The number of aliphatic hydroxyl groups is 1. The number of ether oxygens (including phenoxy) is 1. The van der Waals surface area contributed by atoms with Gasteiger partial charge in [0.05, 0.1) is 22.0 Å². The highest BCUT2D eigenvalue weighted by Crippen LogP contribution is 2.34. The van der Waals surface area contributed by atoms with Crippen molar-refractivity contribution < 1.29 is 14.6 Å². The summed E-state index contributed by atoms with van der Waals surface area (Å²) in [6.07, 6.45) is -1.31. The number of primary amides is 1. The number of hydrogen-bond donors (Lipinski definition) is 2. The minimum atomic E-state index is -0.946. The van der Waals surface area contributed by atoms with Crippen molar-refractivity contribution in [1.82, 2.24) is 9.55 Å². The number of benzene rings is 1. The average molecular weight is 338 g/mol. The van der Waals surface area contributed by atoms with E-state index in [9.17, 15) is 14.7 Å². The highest BCUT2D eigenvalue weighted by molar-refractivity contribution is 6.35. The topological polar surface area (TPSA) is 107 Å². The number of nitrogens with zero attached hydrogens (tertiary/aromatic N) is 2. The van der Waals surface area contributed by atoms with Crippen molar-refractivity contribution >= 4 is 28.6 Å². The third kappa shape index (κ3) is 2.77. The fourth-order valence-electron chi connectivity index (χ4n) is 2.86. The lowest BCUT2D eigenvalue weighted by Crippen LogP contribution is -2.40. The van der Waals surface area contributed by atoms with Crippen LogP contribution >= 0.6 is 11.6 Å². The van der Waals surface area contributed by atoms with Gasteiger partial charge in [0.25, 0.3) is 5.56 Å². The Bertz CT molecular complexity index is 829. The Labute approximate surface area is 136 Å². The van der Waals surface area contributed by atoms with Gasteiger partial charge in [-0.3, -0.25) is 9.36 Å². The number of aliphatic hydroxyl groups excluding tert-OH is 1. The summed E-state index contributed by atoms with van der Waals surface area (Å²) in [5.74, 6) is 0.292. The zero-order valence-corrected chi connectivity index (χ0v) is 13.2. The van der Waals surface area contributed by atoms with Crippen LogP contribution in [0.4, 0.5) is 4.79 Å². The molecule has 1 aliphatic rings. The number of aromatic nitrogens is 2. The summed E-state index contributed by atoms with van der Waals surface area (Å²) in [6.45, 7) is 1.59. The molecule has 2 aromatic rings. The largest absolute Gasteiger partial charge is 0.439 e. The van der Waals surface area contributed by atoms with Gasteiger partial charge in [-0.15, -0.1) is 0 Å². The summed E-state index contributed by atoms with van der Waals surface area (Å²) in [7, 11) is 0. The number of rotatable bonds is 3. The highest BCUT2D eigenvalue weighted by Gasteiger charge is 2.33. The maximum Gasteiger partial charge on any atom is 0.405 e. The SMILES string of the molecule is C[C@H](OC(N)=O)c1nc2cccc(Cl)c2c(=O)n1C1CC(O)C1. The first-order valence-electron chi connectivity index (χ1n) is 7.23. The first kappa shape index (κ1) is 15.8. The summed E-state index contributed by atoms with van der Waals surface area (Å²) < 4.78 is 6.43. The van der Waals surface area contributed by atoms with E-state index in [-0.39, 0.29) is 11.6 Å². The summed E-state index contributed by atoms with van der Waals surface area (Å²) in [5.41, 5.74) is 5.17. The normalized spacial score (nSPS) is 21.7. The van der Waals surface area contributed by atoms with Crippen LogP contribution in [-0.4, -0.2) is 26.9 Å². The number of amides is 1. The molecule has 7 nitrogen and oxygen atoms in total. The van der Waals surface area contributed by atoms with Crippen LogP contribution in [0.25, 0.3) is 10.9 Å². The fourth-order valence-corrected chi connectivity index (χ4v) is 3.11. The molecule has 0 spiro atoms. The van der Waals surface area contributed by atoms with Crippen LogP contribution in [0.15, 0.2) is 23.0 Å². The molecule has 3 rings (SSSR count). The second kappa shape index (κ2) is 5.82. The molecule has 1 amide bonds. The van der Waals surface area contributed by atoms with Crippen LogP contribution in [0.2, 0.25) is 5.02 Å². The van der Waals surface area contributed by atoms with Gasteiger partial charge in [0.15, 0.2) is 11.9 Å². The molecule has 8 heteroatoms. The maximum atomic E-state index is 12.9. The zero-order valence-electron chi connectivity index (χ0n) is 12.4. The van der Waals surface area contributed by atoms with E-state index in [4.69, 9.17) is 22.1 Å². The summed E-state index contributed by atoms with van der Waals surface area (Å²) >= 11 is 6.14. The van der Waals surface area contributed by atoms with Crippen molar-refractivity contribution in [1.29, 1.82) is 0 Å². The van der Waals surface area contributed by atoms with Gasteiger partial charge in [-0.2, -0.15) is 0 Å². The van der Waals surface area contributed by atoms with Crippen molar-refractivity contribution in [2.45, 2.75) is 38.0 Å². The lowest BCUT2D eigenvalue weighted by atomic mass is 9.89. The Morgan fingerprint density at radius 1 is 1.52 bits per heavy atom. The molecule has 1 aromatic heterocycles. The molecule has 23 heavy (non-hydrogen) atoms. The molecule has 1 aromatic carbocycles. The molecule has 1 fully saturated rings. The van der Waals surface area contributed by atoms with E-state index in [2.05, 4.69) is 4.98 Å². The second-order valence-corrected chi connectivity index (χ2v) is 6.04. The van der Waals surface area contributed by atoms with E-state index in [1.165, 1.54) is 4.57 Å². The van der Waals surface area contributed by atoms with Crippen LogP contribution in [-0.2, 0) is 4.74 Å². The van der Waals surface area contributed by atoms with Gasteiger partial charge in [0.2, 0.25) is 0 Å². The molecule has 122 valence electrons. The second-order valence-electron chi connectivity index (χ2n) is 5.64. The fraction of sp³-hybridized carbons (Fsp3) is 0.400. The van der Waals surface area contributed by atoms with E-state index >= 15 is 0 Å². The van der Waals surface area contributed by atoms with E-state index in [0.717, 1.165) is 0 Å². The molecule has 1 heterocycles.